The van der Waals surface area contributed by atoms with Gasteiger partial charge < -0.3 is 0 Å². The SMILES string of the molecule is CC1(C)NN(C2CCCCCCC2)C1=O. The van der Waals surface area contributed by atoms with E-state index < -0.39 is 0 Å². The smallest absolute Gasteiger partial charge is 0.258 e. The summed E-state index contributed by atoms with van der Waals surface area (Å²) in [6.45, 7) is 3.91. The van der Waals surface area contributed by atoms with Crippen LogP contribution in [-0.4, -0.2) is 22.5 Å². The number of hydrazine groups is 1. The minimum atomic E-state index is -0.317. The molecule has 0 radical (unpaired) electrons. The molecule has 0 aromatic carbocycles. The summed E-state index contributed by atoms with van der Waals surface area (Å²) in [4.78, 5) is 11.8. The minimum Gasteiger partial charge on any atom is -0.272 e. The Labute approximate surface area is 92.2 Å². The van der Waals surface area contributed by atoms with E-state index in [1.807, 2.05) is 18.9 Å². The molecule has 0 aromatic heterocycles. The van der Waals surface area contributed by atoms with Crippen LogP contribution in [-0.2, 0) is 4.79 Å². The molecule has 1 aliphatic carbocycles. The number of hydrogen-bond acceptors (Lipinski definition) is 2. The molecule has 1 saturated heterocycles. The van der Waals surface area contributed by atoms with E-state index in [9.17, 15) is 4.79 Å². The highest BCUT2D eigenvalue weighted by Crippen LogP contribution is 2.27. The summed E-state index contributed by atoms with van der Waals surface area (Å²) in [5, 5.41) is 1.88. The Morgan fingerprint density at radius 3 is 2.13 bits per heavy atom. The van der Waals surface area contributed by atoms with E-state index in [-0.39, 0.29) is 11.4 Å². The molecule has 1 heterocycles. The Morgan fingerprint density at radius 2 is 1.67 bits per heavy atom. The third kappa shape index (κ3) is 2.17. The van der Waals surface area contributed by atoms with E-state index >= 15 is 0 Å². The van der Waals surface area contributed by atoms with Crippen molar-refractivity contribution in [2.24, 2.45) is 0 Å². The third-order valence-electron chi connectivity index (χ3n) is 3.59. The van der Waals surface area contributed by atoms with Crippen molar-refractivity contribution in [1.82, 2.24) is 10.4 Å². The number of amides is 1. The summed E-state index contributed by atoms with van der Waals surface area (Å²) in [5.74, 6) is 0.271. The second-order valence-corrected chi connectivity index (χ2v) is 5.41. The lowest BCUT2D eigenvalue weighted by Gasteiger charge is -2.49. The third-order valence-corrected chi connectivity index (χ3v) is 3.59. The maximum atomic E-state index is 11.8. The first-order valence-electron chi connectivity index (χ1n) is 6.23. The van der Waals surface area contributed by atoms with Crippen LogP contribution in [0, 0.1) is 0 Å². The first kappa shape index (κ1) is 10.9. The zero-order chi connectivity index (χ0) is 10.9. The van der Waals surface area contributed by atoms with Crippen molar-refractivity contribution in [3.8, 4) is 0 Å². The molecule has 0 spiro atoms. The lowest BCUT2D eigenvalue weighted by Crippen LogP contribution is -2.75. The highest BCUT2D eigenvalue weighted by molar-refractivity contribution is 5.90. The number of carbonyl (C=O) groups excluding carboxylic acids is 1. The predicted octanol–water partition coefficient (Wildman–Crippen LogP) is 2.22. The first-order valence-corrected chi connectivity index (χ1v) is 6.23. The first-order chi connectivity index (χ1) is 7.11. The van der Waals surface area contributed by atoms with Gasteiger partial charge >= 0.3 is 0 Å². The lowest BCUT2D eigenvalue weighted by atomic mass is 9.92. The van der Waals surface area contributed by atoms with Crippen LogP contribution < -0.4 is 5.43 Å². The summed E-state index contributed by atoms with van der Waals surface area (Å²) in [7, 11) is 0. The van der Waals surface area contributed by atoms with Crippen LogP contribution in [0.2, 0.25) is 0 Å². The van der Waals surface area contributed by atoms with Gasteiger partial charge in [-0.05, 0) is 26.7 Å². The molecule has 0 aromatic rings. The van der Waals surface area contributed by atoms with Gasteiger partial charge in [0.25, 0.3) is 5.91 Å². The number of rotatable bonds is 1. The number of carbonyl (C=O) groups is 1. The van der Waals surface area contributed by atoms with Gasteiger partial charge in [0.1, 0.15) is 5.54 Å². The number of nitrogens with zero attached hydrogens (tertiary/aromatic N) is 1. The summed E-state index contributed by atoms with van der Waals surface area (Å²) >= 11 is 0. The molecule has 15 heavy (non-hydrogen) atoms. The van der Waals surface area contributed by atoms with Crippen LogP contribution in [0.25, 0.3) is 0 Å². The largest absolute Gasteiger partial charge is 0.272 e. The highest BCUT2D eigenvalue weighted by Gasteiger charge is 2.46. The second kappa shape index (κ2) is 4.12. The molecule has 1 N–H and O–H groups in total. The van der Waals surface area contributed by atoms with Gasteiger partial charge in [0.2, 0.25) is 0 Å². The zero-order valence-corrected chi connectivity index (χ0v) is 9.88. The van der Waals surface area contributed by atoms with Crippen molar-refractivity contribution in [1.29, 1.82) is 0 Å². The average Bonchev–Trinajstić information content (AvgIpc) is 2.14. The fraction of sp³-hybridized carbons (Fsp3) is 0.917. The summed E-state index contributed by atoms with van der Waals surface area (Å²) in [5.41, 5.74) is 2.95. The maximum absolute atomic E-state index is 11.8. The van der Waals surface area contributed by atoms with Crippen LogP contribution >= 0.6 is 0 Å². The van der Waals surface area contributed by atoms with Crippen LogP contribution in [0.5, 0.6) is 0 Å². The molecule has 2 aliphatic rings. The van der Waals surface area contributed by atoms with Crippen molar-refractivity contribution in [3.63, 3.8) is 0 Å². The Kier molecular flexibility index (Phi) is 3.01. The Balaban J connectivity index is 1.90. The van der Waals surface area contributed by atoms with Crippen molar-refractivity contribution in [2.45, 2.75) is 70.4 Å². The standard InChI is InChI=1S/C12H22N2O/c1-12(2)11(15)14(13-12)10-8-6-4-3-5-7-9-10/h10,13H,3-9H2,1-2H3. The minimum absolute atomic E-state index is 0.271. The van der Waals surface area contributed by atoms with E-state index in [1.54, 1.807) is 0 Å². The molecular formula is C12H22N2O. The van der Waals surface area contributed by atoms with Crippen molar-refractivity contribution < 1.29 is 4.79 Å². The highest BCUT2D eigenvalue weighted by atomic mass is 16.2. The molecule has 1 aliphatic heterocycles. The van der Waals surface area contributed by atoms with Gasteiger partial charge in [0.15, 0.2) is 0 Å². The average molecular weight is 210 g/mol. The van der Waals surface area contributed by atoms with Crippen molar-refractivity contribution in [2.75, 3.05) is 0 Å². The second-order valence-electron chi connectivity index (χ2n) is 5.41. The van der Waals surface area contributed by atoms with Crippen LogP contribution in [0.1, 0.15) is 58.8 Å². The Morgan fingerprint density at radius 1 is 1.13 bits per heavy atom. The quantitative estimate of drug-likeness (QED) is 0.719. The molecule has 0 unspecified atom stereocenters. The fourth-order valence-electron chi connectivity index (χ4n) is 2.60. The van der Waals surface area contributed by atoms with Crippen LogP contribution in [0.3, 0.4) is 0 Å². The summed E-state index contributed by atoms with van der Waals surface area (Å²) in [6, 6.07) is 0.450. The fourth-order valence-corrected chi connectivity index (χ4v) is 2.60. The van der Waals surface area contributed by atoms with Gasteiger partial charge in [0, 0.05) is 6.04 Å². The summed E-state index contributed by atoms with van der Waals surface area (Å²) in [6.07, 6.45) is 8.94. The number of hydrogen-bond donors (Lipinski definition) is 1. The molecule has 1 amide bonds. The van der Waals surface area contributed by atoms with Crippen molar-refractivity contribution >= 4 is 5.91 Å². The monoisotopic (exact) mass is 210 g/mol. The van der Waals surface area contributed by atoms with Gasteiger partial charge in [-0.2, -0.15) is 0 Å². The van der Waals surface area contributed by atoms with Gasteiger partial charge in [-0.25, -0.2) is 5.43 Å². The molecule has 2 fully saturated rings. The molecule has 86 valence electrons. The Bertz CT molecular complexity index is 242. The molecule has 1 saturated carbocycles. The van der Waals surface area contributed by atoms with Crippen molar-refractivity contribution in [3.05, 3.63) is 0 Å². The molecule has 0 bridgehead atoms. The number of nitrogens with one attached hydrogen (secondary N) is 1. The van der Waals surface area contributed by atoms with Crippen LogP contribution in [0.4, 0.5) is 0 Å². The maximum Gasteiger partial charge on any atom is 0.258 e. The van der Waals surface area contributed by atoms with E-state index in [2.05, 4.69) is 5.43 Å². The van der Waals surface area contributed by atoms with E-state index in [0.717, 1.165) is 0 Å². The summed E-state index contributed by atoms with van der Waals surface area (Å²) < 4.78 is 0. The molecule has 3 heteroatoms. The molecule has 3 nitrogen and oxygen atoms in total. The lowest BCUT2D eigenvalue weighted by molar-refractivity contribution is -0.167. The van der Waals surface area contributed by atoms with Gasteiger partial charge in [0.05, 0.1) is 0 Å². The predicted molar refractivity (Wildman–Crippen MR) is 60.2 cm³/mol. The van der Waals surface area contributed by atoms with E-state index in [4.69, 9.17) is 0 Å². The van der Waals surface area contributed by atoms with E-state index in [1.165, 1.54) is 44.9 Å². The Hall–Kier alpha value is -0.570. The van der Waals surface area contributed by atoms with Gasteiger partial charge in [-0.1, -0.05) is 32.1 Å². The molecule has 0 atom stereocenters. The molecular weight excluding hydrogens is 188 g/mol. The topological polar surface area (TPSA) is 32.3 Å². The zero-order valence-electron chi connectivity index (χ0n) is 9.88. The van der Waals surface area contributed by atoms with E-state index in [0.29, 0.717) is 6.04 Å². The van der Waals surface area contributed by atoms with Crippen LogP contribution in [0.15, 0.2) is 0 Å². The van der Waals surface area contributed by atoms with Gasteiger partial charge in [-0.3, -0.25) is 9.80 Å². The normalized spacial score (nSPS) is 28.1. The van der Waals surface area contributed by atoms with Gasteiger partial charge in [-0.15, -0.1) is 0 Å². The molecule has 2 rings (SSSR count).